The topological polar surface area (TPSA) is 34.1 Å². The van der Waals surface area contributed by atoms with E-state index in [9.17, 15) is 0 Å². The zero-order valence-corrected chi connectivity index (χ0v) is 12.9. The van der Waals surface area contributed by atoms with E-state index >= 15 is 0 Å². The summed E-state index contributed by atoms with van der Waals surface area (Å²) in [6.07, 6.45) is 0. The summed E-state index contributed by atoms with van der Waals surface area (Å²) in [5.74, 6) is 0.842. The van der Waals surface area contributed by atoms with Crippen molar-refractivity contribution in [3.8, 4) is 5.75 Å². The summed E-state index contributed by atoms with van der Waals surface area (Å²) in [5.41, 5.74) is 4.22. The first-order valence-electron chi connectivity index (χ1n) is 6.09. The second-order valence-electron chi connectivity index (χ2n) is 4.51. The summed E-state index contributed by atoms with van der Waals surface area (Å²) in [4.78, 5) is 4.49. The van der Waals surface area contributed by atoms with Crippen LogP contribution in [0.4, 0.5) is 5.69 Å². The first-order valence-corrected chi connectivity index (χ1v) is 6.89. The molecule has 1 aromatic carbocycles. The van der Waals surface area contributed by atoms with Gasteiger partial charge in [0.2, 0.25) is 0 Å². The Balaban J connectivity index is 2.11. The van der Waals surface area contributed by atoms with E-state index in [0.717, 1.165) is 27.3 Å². The molecule has 0 unspecified atom stereocenters. The molecule has 0 saturated heterocycles. The van der Waals surface area contributed by atoms with E-state index in [4.69, 9.17) is 4.74 Å². The number of hydrogen-bond acceptors (Lipinski definition) is 3. The minimum Gasteiger partial charge on any atom is -0.497 e. The zero-order valence-electron chi connectivity index (χ0n) is 11.3. The van der Waals surface area contributed by atoms with Crippen LogP contribution in [0.15, 0.2) is 34.8 Å². The number of nitrogens with zero attached hydrogens (tertiary/aromatic N) is 1. The van der Waals surface area contributed by atoms with Crippen molar-refractivity contribution in [2.45, 2.75) is 20.4 Å². The second kappa shape index (κ2) is 6.06. The molecule has 19 heavy (non-hydrogen) atoms. The average Bonchev–Trinajstić information content (AvgIpc) is 2.34. The Bertz CT molecular complexity index is 564. The van der Waals surface area contributed by atoms with Gasteiger partial charge in [-0.05, 0) is 37.6 Å². The maximum Gasteiger partial charge on any atom is 0.122 e. The van der Waals surface area contributed by atoms with E-state index in [1.54, 1.807) is 7.11 Å². The summed E-state index contributed by atoms with van der Waals surface area (Å²) in [5, 5.41) is 3.37. The lowest BCUT2D eigenvalue weighted by Crippen LogP contribution is -2.03. The third-order valence-electron chi connectivity index (χ3n) is 2.73. The maximum atomic E-state index is 5.25. The smallest absolute Gasteiger partial charge is 0.122 e. The van der Waals surface area contributed by atoms with Crippen LogP contribution in [0.5, 0.6) is 5.75 Å². The molecule has 0 bridgehead atoms. The molecule has 0 spiro atoms. The van der Waals surface area contributed by atoms with E-state index in [1.807, 2.05) is 19.1 Å². The number of aryl methyl sites for hydroxylation is 2. The van der Waals surface area contributed by atoms with Gasteiger partial charge in [0.15, 0.2) is 0 Å². The van der Waals surface area contributed by atoms with Crippen molar-refractivity contribution in [2.24, 2.45) is 0 Å². The maximum absolute atomic E-state index is 5.25. The van der Waals surface area contributed by atoms with Gasteiger partial charge in [-0.2, -0.15) is 0 Å². The Labute approximate surface area is 122 Å². The molecule has 100 valence electrons. The summed E-state index contributed by atoms with van der Waals surface area (Å²) in [7, 11) is 1.67. The van der Waals surface area contributed by atoms with Crippen LogP contribution in [-0.2, 0) is 6.54 Å². The van der Waals surface area contributed by atoms with Crippen molar-refractivity contribution in [2.75, 3.05) is 12.4 Å². The van der Waals surface area contributed by atoms with Gasteiger partial charge in [-0.25, -0.2) is 0 Å². The molecular formula is C15H17BrN2O. The average molecular weight is 321 g/mol. The Morgan fingerprint density at radius 2 is 1.95 bits per heavy atom. The molecule has 0 amide bonds. The highest BCUT2D eigenvalue weighted by molar-refractivity contribution is 9.10. The van der Waals surface area contributed by atoms with Crippen LogP contribution in [0.3, 0.4) is 0 Å². The number of ether oxygens (including phenoxy) is 1. The van der Waals surface area contributed by atoms with E-state index in [2.05, 4.69) is 51.4 Å². The monoisotopic (exact) mass is 320 g/mol. The van der Waals surface area contributed by atoms with Gasteiger partial charge >= 0.3 is 0 Å². The lowest BCUT2D eigenvalue weighted by Gasteiger charge is -2.09. The van der Waals surface area contributed by atoms with Crippen molar-refractivity contribution in [3.05, 3.63) is 51.8 Å². The number of hydrogen-bond donors (Lipinski definition) is 1. The molecule has 0 atom stereocenters. The molecule has 0 aliphatic carbocycles. The number of anilines is 1. The van der Waals surface area contributed by atoms with Crippen molar-refractivity contribution in [1.29, 1.82) is 0 Å². The Kier molecular flexibility index (Phi) is 4.43. The van der Waals surface area contributed by atoms with Gasteiger partial charge in [0.05, 0.1) is 19.3 Å². The van der Waals surface area contributed by atoms with Gasteiger partial charge in [0.1, 0.15) is 5.75 Å². The highest BCUT2D eigenvalue weighted by atomic mass is 79.9. The van der Waals surface area contributed by atoms with Crippen LogP contribution in [0.2, 0.25) is 0 Å². The van der Waals surface area contributed by atoms with Crippen LogP contribution in [-0.4, -0.2) is 12.1 Å². The van der Waals surface area contributed by atoms with Crippen LogP contribution in [0.25, 0.3) is 0 Å². The minimum atomic E-state index is 0.675. The number of rotatable bonds is 4. The third-order valence-corrected chi connectivity index (χ3v) is 3.19. The molecule has 2 rings (SSSR count). The normalized spacial score (nSPS) is 10.3. The van der Waals surface area contributed by atoms with Gasteiger partial charge in [-0.1, -0.05) is 15.9 Å². The predicted molar refractivity (Wildman–Crippen MR) is 81.7 cm³/mol. The first-order chi connectivity index (χ1) is 9.06. The molecule has 0 radical (unpaired) electrons. The Hall–Kier alpha value is -1.55. The van der Waals surface area contributed by atoms with Crippen LogP contribution >= 0.6 is 15.9 Å². The Morgan fingerprint density at radius 3 is 2.63 bits per heavy atom. The summed E-state index contributed by atoms with van der Waals surface area (Å²) in [6, 6.07) is 10.1. The molecule has 0 aliphatic rings. The largest absolute Gasteiger partial charge is 0.497 e. The van der Waals surface area contributed by atoms with E-state index in [-0.39, 0.29) is 0 Å². The fraction of sp³-hybridized carbons (Fsp3) is 0.267. The van der Waals surface area contributed by atoms with Gasteiger partial charge < -0.3 is 10.1 Å². The van der Waals surface area contributed by atoms with Gasteiger partial charge in [-0.3, -0.25) is 4.98 Å². The quantitative estimate of drug-likeness (QED) is 0.921. The van der Waals surface area contributed by atoms with Crippen LogP contribution < -0.4 is 10.1 Å². The lowest BCUT2D eigenvalue weighted by atomic mass is 10.2. The van der Waals surface area contributed by atoms with Crippen molar-refractivity contribution < 1.29 is 4.74 Å². The molecule has 0 saturated carbocycles. The van der Waals surface area contributed by atoms with Crippen molar-refractivity contribution in [1.82, 2.24) is 4.98 Å². The third kappa shape index (κ3) is 3.96. The second-order valence-corrected chi connectivity index (χ2v) is 5.43. The van der Waals surface area contributed by atoms with Crippen LogP contribution in [0.1, 0.15) is 17.0 Å². The van der Waals surface area contributed by atoms with Crippen molar-refractivity contribution >= 4 is 21.6 Å². The molecule has 1 N–H and O–H groups in total. The minimum absolute atomic E-state index is 0.675. The molecule has 1 aromatic heterocycles. The van der Waals surface area contributed by atoms with E-state index < -0.39 is 0 Å². The predicted octanol–water partition coefficient (Wildman–Crippen LogP) is 4.08. The highest BCUT2D eigenvalue weighted by Crippen LogP contribution is 2.20. The van der Waals surface area contributed by atoms with E-state index in [0.29, 0.717) is 6.54 Å². The SMILES string of the molecule is COc1cc(C)nc(CNc2cc(C)cc(Br)c2)c1. The summed E-state index contributed by atoms with van der Waals surface area (Å²) < 4.78 is 6.32. The molecule has 3 nitrogen and oxygen atoms in total. The summed E-state index contributed by atoms with van der Waals surface area (Å²) in [6.45, 7) is 4.72. The fourth-order valence-electron chi connectivity index (χ4n) is 1.94. The molecule has 1 heterocycles. The number of nitrogens with one attached hydrogen (secondary N) is 1. The molecule has 4 heteroatoms. The van der Waals surface area contributed by atoms with Gasteiger partial charge in [-0.15, -0.1) is 0 Å². The number of pyridine rings is 1. The standard InChI is InChI=1S/C15H17BrN2O/c1-10-4-12(16)7-13(5-10)17-9-14-8-15(19-3)6-11(2)18-14/h4-8,17H,9H2,1-3H3. The number of halogens is 1. The molecule has 0 fully saturated rings. The van der Waals surface area contributed by atoms with E-state index in [1.165, 1.54) is 5.56 Å². The number of aromatic nitrogens is 1. The molecule has 0 aliphatic heterocycles. The fourth-order valence-corrected chi connectivity index (χ4v) is 2.55. The van der Waals surface area contributed by atoms with Gasteiger partial charge in [0, 0.05) is 28.0 Å². The highest BCUT2D eigenvalue weighted by Gasteiger charge is 2.02. The van der Waals surface area contributed by atoms with Gasteiger partial charge in [0.25, 0.3) is 0 Å². The van der Waals surface area contributed by atoms with Crippen molar-refractivity contribution in [3.63, 3.8) is 0 Å². The molecular weight excluding hydrogens is 304 g/mol. The number of benzene rings is 1. The summed E-state index contributed by atoms with van der Waals surface area (Å²) >= 11 is 3.50. The zero-order chi connectivity index (χ0) is 13.8. The van der Waals surface area contributed by atoms with Crippen LogP contribution in [0, 0.1) is 13.8 Å². The first kappa shape index (κ1) is 13.9. The molecule has 2 aromatic rings. The number of methoxy groups -OCH3 is 1. The lowest BCUT2D eigenvalue weighted by molar-refractivity contribution is 0.413. The Morgan fingerprint density at radius 1 is 1.16 bits per heavy atom.